The van der Waals surface area contributed by atoms with Gasteiger partial charge in [-0.25, -0.2) is 13.4 Å². The van der Waals surface area contributed by atoms with Crippen molar-refractivity contribution in [2.45, 2.75) is 30.1 Å². The van der Waals surface area contributed by atoms with Crippen LogP contribution in [0.4, 0.5) is 0 Å². The van der Waals surface area contributed by atoms with Gasteiger partial charge in [0.15, 0.2) is 0 Å². The highest BCUT2D eigenvalue weighted by molar-refractivity contribution is 7.92. The van der Waals surface area contributed by atoms with Gasteiger partial charge in [-0.15, -0.1) is 0 Å². The van der Waals surface area contributed by atoms with Crippen molar-refractivity contribution in [2.24, 2.45) is 0 Å². The quantitative estimate of drug-likeness (QED) is 0.170. The van der Waals surface area contributed by atoms with Crippen LogP contribution in [0.5, 0.6) is 0 Å². The van der Waals surface area contributed by atoms with Gasteiger partial charge >= 0.3 is 0 Å². The fourth-order valence-corrected chi connectivity index (χ4v) is 10.9. The smallest absolute Gasteiger partial charge is 0.210 e. The molecule has 4 nitrogen and oxygen atoms in total. The lowest BCUT2D eigenvalue weighted by Gasteiger charge is -2.24. The first-order valence-corrected chi connectivity index (χ1v) is 20.3. The second kappa shape index (κ2) is 11.7. The summed E-state index contributed by atoms with van der Waals surface area (Å²) in [7, 11) is -3.81. The molecule has 0 N–H and O–H groups in total. The number of fused-ring (bicyclic) bond motifs is 6. The number of hydrogen-bond donors (Lipinski definition) is 0. The fourth-order valence-electron chi connectivity index (χ4n) is 9.21. The third-order valence-corrected chi connectivity index (χ3v) is 13.4. The van der Waals surface area contributed by atoms with Crippen molar-refractivity contribution in [3.63, 3.8) is 0 Å². The molecule has 0 atom stereocenters. The van der Waals surface area contributed by atoms with Crippen LogP contribution in [0.15, 0.2) is 168 Å². The van der Waals surface area contributed by atoms with Gasteiger partial charge in [-0.05, 0) is 108 Å². The number of aromatic nitrogens is 2. The van der Waals surface area contributed by atoms with Crippen molar-refractivity contribution in [3.8, 4) is 39.1 Å². The molecule has 0 amide bonds. The summed E-state index contributed by atoms with van der Waals surface area (Å²) in [5, 5.41) is 9.42. The van der Waals surface area contributed by atoms with Gasteiger partial charge in [-0.3, -0.25) is 4.57 Å². The molecule has 1 aliphatic heterocycles. The molecule has 0 spiro atoms. The molecule has 0 saturated carbocycles. The lowest BCUT2D eigenvalue weighted by molar-refractivity contribution is 0.594. The van der Waals surface area contributed by atoms with Crippen molar-refractivity contribution in [1.82, 2.24) is 9.55 Å². The second-order valence-corrected chi connectivity index (χ2v) is 16.4. The van der Waals surface area contributed by atoms with Gasteiger partial charge in [-0.1, -0.05) is 140 Å². The standard InChI is InChI=1S/C50H34N2O2S/c1-3-46-51-43-24-12-26-45-50(43)52(46)49-35(20-11-25-44(49)55(45,53)54)32-27-28-41-42(29-32)48(38-23-10-19-33-30(2)13-8-21-36(33)38)40-18-7-6-17-39(40)47(41)37-22-9-15-31-14-4-5-16-34(31)37/h4-29H,3H2,1-2H3. The molecule has 0 bridgehead atoms. The highest BCUT2D eigenvalue weighted by atomic mass is 32.2. The van der Waals surface area contributed by atoms with E-state index < -0.39 is 9.84 Å². The zero-order valence-corrected chi connectivity index (χ0v) is 31.2. The Hall–Kier alpha value is -6.56. The van der Waals surface area contributed by atoms with Gasteiger partial charge in [0.25, 0.3) is 0 Å². The largest absolute Gasteiger partial charge is 0.293 e. The molecule has 0 fully saturated rings. The SMILES string of the molecule is CCc1nc2cccc3c2n1-c1c(-c2ccc4c(-c5cccc6ccccc56)c5ccccc5c(-c5cccc6c(C)cccc56)c4c2)cccc1S3(=O)=O. The van der Waals surface area contributed by atoms with Crippen molar-refractivity contribution < 1.29 is 8.42 Å². The van der Waals surface area contributed by atoms with E-state index in [0.29, 0.717) is 32.9 Å². The van der Waals surface area contributed by atoms with Gasteiger partial charge in [0.2, 0.25) is 9.84 Å². The molecule has 10 aromatic rings. The summed E-state index contributed by atoms with van der Waals surface area (Å²) in [6, 6.07) is 54.9. The molecule has 2 heterocycles. The molecular formula is C50H34N2O2S. The number of rotatable bonds is 4. The van der Waals surface area contributed by atoms with Crippen LogP contribution >= 0.6 is 0 Å². The monoisotopic (exact) mass is 726 g/mol. The average molecular weight is 727 g/mol. The second-order valence-electron chi connectivity index (χ2n) is 14.6. The van der Waals surface area contributed by atoms with E-state index in [-0.39, 0.29) is 0 Å². The summed E-state index contributed by atoms with van der Waals surface area (Å²) in [5.74, 6) is 0.836. The molecular weight excluding hydrogens is 693 g/mol. The van der Waals surface area contributed by atoms with Crippen molar-refractivity contribution in [1.29, 1.82) is 0 Å². The van der Waals surface area contributed by atoms with E-state index in [2.05, 4.69) is 146 Å². The summed E-state index contributed by atoms with van der Waals surface area (Å²) in [4.78, 5) is 5.55. The number of sulfone groups is 1. The summed E-state index contributed by atoms with van der Waals surface area (Å²) in [5.41, 5.74) is 9.73. The minimum Gasteiger partial charge on any atom is -0.293 e. The molecule has 0 radical (unpaired) electrons. The summed E-state index contributed by atoms with van der Waals surface area (Å²) in [6.45, 7) is 4.25. The molecule has 262 valence electrons. The van der Waals surface area contributed by atoms with E-state index in [1.807, 2.05) is 12.1 Å². The number of benzene rings is 9. The Labute approximate surface area is 318 Å². The number of imidazole rings is 1. The first-order valence-electron chi connectivity index (χ1n) is 18.8. The highest BCUT2D eigenvalue weighted by Crippen LogP contribution is 2.49. The number of nitrogens with zero attached hydrogens (tertiary/aromatic N) is 2. The van der Waals surface area contributed by atoms with Crippen molar-refractivity contribution in [2.75, 3.05) is 0 Å². The number of hydrogen-bond acceptors (Lipinski definition) is 3. The third-order valence-electron chi connectivity index (χ3n) is 11.6. The average Bonchev–Trinajstić information content (AvgIpc) is 3.61. The van der Waals surface area contributed by atoms with Crippen LogP contribution in [0, 0.1) is 6.92 Å². The van der Waals surface area contributed by atoms with Crippen LogP contribution in [-0.2, 0) is 16.3 Å². The molecule has 1 aromatic heterocycles. The Morgan fingerprint density at radius 2 is 1.11 bits per heavy atom. The van der Waals surface area contributed by atoms with E-state index in [1.165, 1.54) is 54.6 Å². The summed E-state index contributed by atoms with van der Waals surface area (Å²) < 4.78 is 30.9. The minimum atomic E-state index is -3.81. The maximum atomic E-state index is 14.4. The number of aryl methyl sites for hydroxylation is 2. The topological polar surface area (TPSA) is 52.0 Å². The lowest BCUT2D eigenvalue weighted by Crippen LogP contribution is -2.16. The zero-order chi connectivity index (χ0) is 37.0. The Morgan fingerprint density at radius 1 is 0.527 bits per heavy atom. The Morgan fingerprint density at radius 3 is 1.93 bits per heavy atom. The van der Waals surface area contributed by atoms with Gasteiger partial charge in [-0.2, -0.15) is 0 Å². The molecule has 1 aliphatic rings. The highest BCUT2D eigenvalue weighted by Gasteiger charge is 2.35. The Bertz CT molecular complexity index is 3390. The molecule has 9 aromatic carbocycles. The van der Waals surface area contributed by atoms with E-state index in [4.69, 9.17) is 4.98 Å². The summed E-state index contributed by atoms with van der Waals surface area (Å²) >= 11 is 0. The third kappa shape index (κ3) is 4.45. The fraction of sp³-hybridized carbons (Fsp3) is 0.0600. The van der Waals surface area contributed by atoms with Crippen LogP contribution in [-0.4, -0.2) is 18.0 Å². The van der Waals surface area contributed by atoms with Gasteiger partial charge in [0.05, 0.1) is 26.5 Å². The molecule has 55 heavy (non-hydrogen) atoms. The zero-order valence-electron chi connectivity index (χ0n) is 30.3. The van der Waals surface area contributed by atoms with E-state index in [9.17, 15) is 8.42 Å². The maximum Gasteiger partial charge on any atom is 0.210 e. The predicted octanol–water partition coefficient (Wildman–Crippen LogP) is 12.7. The molecule has 5 heteroatoms. The summed E-state index contributed by atoms with van der Waals surface area (Å²) in [6.07, 6.45) is 0.657. The first-order chi connectivity index (χ1) is 26.9. The van der Waals surface area contributed by atoms with Crippen molar-refractivity contribution >= 4 is 64.0 Å². The Balaban J connectivity index is 1.31. The number of para-hydroxylation sites is 2. The predicted molar refractivity (Wildman–Crippen MR) is 227 cm³/mol. The van der Waals surface area contributed by atoms with Crippen LogP contribution in [0.3, 0.4) is 0 Å². The van der Waals surface area contributed by atoms with Gasteiger partial charge < -0.3 is 0 Å². The minimum absolute atomic E-state index is 0.303. The van der Waals surface area contributed by atoms with Crippen LogP contribution in [0.2, 0.25) is 0 Å². The maximum absolute atomic E-state index is 14.4. The van der Waals surface area contributed by atoms with E-state index >= 15 is 0 Å². The van der Waals surface area contributed by atoms with Gasteiger partial charge in [0.1, 0.15) is 5.82 Å². The van der Waals surface area contributed by atoms with E-state index in [1.54, 1.807) is 18.2 Å². The van der Waals surface area contributed by atoms with Crippen LogP contribution in [0.1, 0.15) is 18.3 Å². The van der Waals surface area contributed by atoms with E-state index in [0.717, 1.165) is 33.3 Å². The molecule has 0 aliphatic carbocycles. The van der Waals surface area contributed by atoms with Gasteiger partial charge in [0, 0.05) is 12.0 Å². The molecule has 0 saturated heterocycles. The molecule has 11 rings (SSSR count). The first kappa shape index (κ1) is 31.9. The van der Waals surface area contributed by atoms with Crippen molar-refractivity contribution in [3.05, 3.63) is 169 Å². The van der Waals surface area contributed by atoms with Crippen LogP contribution < -0.4 is 0 Å². The lowest BCUT2D eigenvalue weighted by atomic mass is 9.82. The normalized spacial score (nSPS) is 13.3. The molecule has 0 unspecified atom stereocenters. The van der Waals surface area contributed by atoms with Crippen LogP contribution in [0.25, 0.3) is 93.2 Å². The Kier molecular flexibility index (Phi) is 6.80.